The van der Waals surface area contributed by atoms with Crippen molar-refractivity contribution >= 4 is 23.8 Å². The van der Waals surface area contributed by atoms with Gasteiger partial charge in [0.1, 0.15) is 32.5 Å². The summed E-state index contributed by atoms with van der Waals surface area (Å²) in [4.78, 5) is 77.5. The lowest BCUT2D eigenvalue weighted by Crippen LogP contribution is -2.43. The fraction of sp³-hybridized carbons (Fsp3) is 0.304. The van der Waals surface area contributed by atoms with Crippen LogP contribution in [0.25, 0.3) is 0 Å². The van der Waals surface area contributed by atoms with Gasteiger partial charge in [-0.3, -0.25) is 4.79 Å². The van der Waals surface area contributed by atoms with E-state index in [9.17, 15) is 44.5 Å². The predicted octanol–water partition coefficient (Wildman–Crippen LogP) is 0.499. The Morgan fingerprint density at radius 2 is 1.45 bits per heavy atom. The molecular formula is C23H23N3O14. The van der Waals surface area contributed by atoms with Crippen molar-refractivity contribution in [2.75, 3.05) is 26.4 Å². The van der Waals surface area contributed by atoms with Crippen molar-refractivity contribution in [1.82, 2.24) is 5.32 Å². The Kier molecular flexibility index (Phi) is 12.2. The number of carbonyl (C=O) groups is 4. The number of nitrogens with one attached hydrogen (secondary N) is 1. The summed E-state index contributed by atoms with van der Waals surface area (Å²) < 4.78 is 14.5. The number of nitrogens with zero attached hydrogens (tertiary/aromatic N) is 2. The van der Waals surface area contributed by atoms with Gasteiger partial charge >= 0.3 is 17.9 Å². The van der Waals surface area contributed by atoms with E-state index in [4.69, 9.17) is 9.47 Å². The van der Waals surface area contributed by atoms with Gasteiger partial charge in [0.05, 0.1) is 0 Å². The molecule has 1 amide bonds. The minimum atomic E-state index is -1.89. The van der Waals surface area contributed by atoms with Gasteiger partial charge in [0, 0.05) is 5.56 Å². The minimum absolute atomic E-state index is 0.233. The summed E-state index contributed by atoms with van der Waals surface area (Å²) in [6, 6.07) is 14.5. The van der Waals surface area contributed by atoms with Crippen molar-refractivity contribution in [2.45, 2.75) is 18.2 Å². The zero-order chi connectivity index (χ0) is 29.5. The lowest BCUT2D eigenvalue weighted by atomic mass is 10.0. The van der Waals surface area contributed by atoms with E-state index >= 15 is 0 Å². The van der Waals surface area contributed by atoms with Gasteiger partial charge in [0.15, 0.2) is 6.10 Å². The number of rotatable bonds is 17. The smallest absolute Gasteiger partial charge is 0.347 e. The first kappa shape index (κ1) is 30.9. The van der Waals surface area contributed by atoms with Gasteiger partial charge in [0.2, 0.25) is 6.10 Å². The molecule has 0 aromatic heterocycles. The van der Waals surface area contributed by atoms with Gasteiger partial charge in [0.25, 0.3) is 16.1 Å². The molecule has 0 aliphatic rings. The van der Waals surface area contributed by atoms with Gasteiger partial charge in [-0.15, -0.1) is 20.2 Å². The Balaban J connectivity index is 1.96. The van der Waals surface area contributed by atoms with Crippen molar-refractivity contribution in [3.63, 3.8) is 0 Å². The van der Waals surface area contributed by atoms with Gasteiger partial charge in [-0.05, 0) is 17.7 Å². The molecule has 0 heterocycles. The number of ether oxygens (including phenoxy) is 3. The summed E-state index contributed by atoms with van der Waals surface area (Å²) in [6.07, 6.45) is -3.51. The van der Waals surface area contributed by atoms with Crippen molar-refractivity contribution < 1.29 is 58.3 Å². The lowest BCUT2D eigenvalue weighted by Gasteiger charge is -2.25. The number of hydrogen-bond donors (Lipinski definition) is 2. The van der Waals surface area contributed by atoms with Crippen LogP contribution in [0.3, 0.4) is 0 Å². The van der Waals surface area contributed by atoms with Crippen molar-refractivity contribution in [3.05, 3.63) is 92.0 Å². The summed E-state index contributed by atoms with van der Waals surface area (Å²) in [6.45, 7) is -3.51. The number of carbonyl (C=O) groups excluding carboxylic acids is 3. The Labute approximate surface area is 224 Å². The normalized spacial score (nSPS) is 12.6. The van der Waals surface area contributed by atoms with Crippen molar-refractivity contribution in [1.29, 1.82) is 0 Å². The van der Waals surface area contributed by atoms with Gasteiger partial charge in [-0.25, -0.2) is 14.4 Å². The number of carboxylic acid groups (broad SMARTS) is 1. The maximum Gasteiger partial charge on any atom is 0.347 e. The molecule has 0 unspecified atom stereocenters. The number of esters is 2. The zero-order valence-electron chi connectivity index (χ0n) is 20.5. The highest BCUT2D eigenvalue weighted by atomic mass is 17.0. The highest BCUT2D eigenvalue weighted by Gasteiger charge is 2.34. The molecule has 0 aliphatic carbocycles. The number of aliphatic carboxylic acids is 1. The van der Waals surface area contributed by atoms with Crippen molar-refractivity contribution in [3.8, 4) is 0 Å². The number of carboxylic acids is 1. The van der Waals surface area contributed by atoms with Crippen LogP contribution in [0.2, 0.25) is 0 Å². The molecular weight excluding hydrogens is 542 g/mol. The third-order valence-corrected chi connectivity index (χ3v) is 4.76. The maximum atomic E-state index is 12.7. The predicted molar refractivity (Wildman–Crippen MR) is 127 cm³/mol. The molecule has 0 radical (unpaired) electrons. The quantitative estimate of drug-likeness (QED) is 0.151. The molecule has 2 aromatic rings. The highest BCUT2D eigenvalue weighted by Crippen LogP contribution is 2.21. The second kappa shape index (κ2) is 15.8. The number of benzene rings is 2. The average Bonchev–Trinajstić information content (AvgIpc) is 2.92. The largest absolute Gasteiger partial charge is 0.478 e. The van der Waals surface area contributed by atoms with Crippen LogP contribution in [-0.4, -0.2) is 77.7 Å². The second-order valence-corrected chi connectivity index (χ2v) is 7.62. The monoisotopic (exact) mass is 565 g/mol. The summed E-state index contributed by atoms with van der Waals surface area (Å²) in [5, 5.41) is 30.5. The molecule has 0 bridgehead atoms. The molecule has 2 N–H and O–H groups in total. The molecule has 0 saturated heterocycles. The lowest BCUT2D eigenvalue weighted by molar-refractivity contribution is -0.790. The summed E-state index contributed by atoms with van der Waals surface area (Å²) in [5.41, 5.74) is 0.556. The molecule has 17 heteroatoms. The van der Waals surface area contributed by atoms with Crippen LogP contribution >= 0.6 is 0 Å². The fourth-order valence-corrected chi connectivity index (χ4v) is 3.06. The van der Waals surface area contributed by atoms with E-state index in [1.165, 1.54) is 24.3 Å². The van der Waals surface area contributed by atoms with Crippen LogP contribution < -0.4 is 5.32 Å². The first-order valence-electron chi connectivity index (χ1n) is 11.2. The molecule has 0 fully saturated rings. The van der Waals surface area contributed by atoms with E-state index in [0.29, 0.717) is 5.56 Å². The standard InChI is InChI=1S/C23H23N3O14/c27-18(37-11-17(40-26(34)35)12-38-25(32)33)13-36-14-19(28)39-21(23(30)31)20(15-7-3-1-4-8-15)24-22(29)16-9-5-2-6-10-16/h1-10,17,20-21H,11-14H2,(H,24,29)(H,30,31)/t17-,20+,21-/m1/s1. The van der Waals surface area contributed by atoms with E-state index in [0.717, 1.165) is 0 Å². The average molecular weight is 565 g/mol. The summed E-state index contributed by atoms with van der Waals surface area (Å²) in [7, 11) is 0. The Hall–Kier alpha value is -5.32. The topological polar surface area (TPSA) is 233 Å². The van der Waals surface area contributed by atoms with E-state index < -0.39 is 78.7 Å². The maximum absolute atomic E-state index is 12.7. The van der Waals surface area contributed by atoms with E-state index in [2.05, 4.69) is 19.7 Å². The highest BCUT2D eigenvalue weighted by molar-refractivity contribution is 5.95. The first-order valence-corrected chi connectivity index (χ1v) is 11.2. The summed E-state index contributed by atoms with van der Waals surface area (Å²) >= 11 is 0. The molecule has 2 aromatic carbocycles. The Morgan fingerprint density at radius 1 is 0.850 bits per heavy atom. The molecule has 3 atom stereocenters. The van der Waals surface area contributed by atoms with Crippen molar-refractivity contribution in [2.24, 2.45) is 0 Å². The zero-order valence-corrected chi connectivity index (χ0v) is 20.5. The van der Waals surface area contributed by atoms with Crippen LogP contribution in [0.1, 0.15) is 22.0 Å². The van der Waals surface area contributed by atoms with Crippen LogP contribution in [0.15, 0.2) is 60.7 Å². The van der Waals surface area contributed by atoms with Gasteiger partial charge in [-0.1, -0.05) is 48.5 Å². The molecule has 0 saturated carbocycles. The van der Waals surface area contributed by atoms with E-state index in [1.54, 1.807) is 36.4 Å². The molecule has 2 rings (SSSR count). The number of hydrogen-bond acceptors (Lipinski definition) is 13. The molecule has 214 valence electrons. The van der Waals surface area contributed by atoms with Gasteiger partial charge < -0.3 is 34.3 Å². The third-order valence-electron chi connectivity index (χ3n) is 4.76. The molecule has 17 nitrogen and oxygen atoms in total. The number of amides is 1. The SMILES string of the molecule is O=C(COCC(=O)O[C@@H](C(=O)O)[C@@H](NC(=O)c1ccccc1)c1ccccc1)OC[C@H](CO[N+](=O)[O-])O[N+](=O)[O-]. The molecule has 40 heavy (non-hydrogen) atoms. The Morgan fingerprint density at radius 3 is 2.02 bits per heavy atom. The van der Waals surface area contributed by atoms with Crippen LogP contribution in [-0.2, 0) is 38.3 Å². The van der Waals surface area contributed by atoms with E-state index in [-0.39, 0.29) is 5.56 Å². The molecule has 0 spiro atoms. The summed E-state index contributed by atoms with van der Waals surface area (Å²) in [5.74, 6) is -4.55. The molecule has 0 aliphatic heterocycles. The van der Waals surface area contributed by atoms with E-state index in [1.807, 2.05) is 0 Å². The first-order chi connectivity index (χ1) is 19.1. The Bertz CT molecular complexity index is 1180. The van der Waals surface area contributed by atoms with Gasteiger partial charge in [-0.2, -0.15) is 0 Å². The fourth-order valence-electron chi connectivity index (χ4n) is 3.06. The van der Waals surface area contributed by atoms with Crippen LogP contribution in [0, 0.1) is 20.2 Å². The van der Waals surface area contributed by atoms with Crippen LogP contribution in [0.5, 0.6) is 0 Å². The van der Waals surface area contributed by atoms with Crippen LogP contribution in [0.4, 0.5) is 0 Å². The third kappa shape index (κ3) is 11.0. The second-order valence-electron chi connectivity index (χ2n) is 7.62. The minimum Gasteiger partial charge on any atom is -0.478 e.